The molecule has 0 unspecified atom stereocenters. The third kappa shape index (κ3) is 4.32. The SMILES string of the molecule is CCc1ccc(S(=O)(=O)NCC2CCCCCC2)cc1. The summed E-state index contributed by atoms with van der Waals surface area (Å²) >= 11 is 0. The van der Waals surface area contributed by atoms with E-state index in [4.69, 9.17) is 0 Å². The van der Waals surface area contributed by atoms with E-state index in [2.05, 4.69) is 11.6 Å². The van der Waals surface area contributed by atoms with Crippen molar-refractivity contribution in [2.75, 3.05) is 6.54 Å². The number of hydrogen-bond acceptors (Lipinski definition) is 2. The van der Waals surface area contributed by atoms with E-state index < -0.39 is 10.0 Å². The van der Waals surface area contributed by atoms with Crippen molar-refractivity contribution in [3.05, 3.63) is 29.8 Å². The predicted molar refractivity (Wildman–Crippen MR) is 82.2 cm³/mol. The summed E-state index contributed by atoms with van der Waals surface area (Å²) in [5.41, 5.74) is 1.16. The van der Waals surface area contributed by atoms with Gasteiger partial charge in [-0.15, -0.1) is 0 Å². The molecule has 1 aromatic carbocycles. The molecule has 0 heterocycles. The fourth-order valence-electron chi connectivity index (χ4n) is 2.78. The lowest BCUT2D eigenvalue weighted by atomic mass is 10.0. The number of hydrogen-bond donors (Lipinski definition) is 1. The summed E-state index contributed by atoms with van der Waals surface area (Å²) < 4.78 is 27.3. The van der Waals surface area contributed by atoms with Crippen LogP contribution in [0.15, 0.2) is 29.2 Å². The molecule has 3 nitrogen and oxygen atoms in total. The lowest BCUT2D eigenvalue weighted by Crippen LogP contribution is -2.29. The zero-order valence-corrected chi connectivity index (χ0v) is 13.1. The molecule has 1 N–H and O–H groups in total. The average molecular weight is 295 g/mol. The molecule has 0 radical (unpaired) electrons. The van der Waals surface area contributed by atoms with Gasteiger partial charge in [0.1, 0.15) is 0 Å². The Bertz CT molecular complexity index is 500. The molecular weight excluding hydrogens is 270 g/mol. The fraction of sp³-hybridized carbons (Fsp3) is 0.625. The molecule has 0 aliphatic heterocycles. The molecule has 20 heavy (non-hydrogen) atoms. The van der Waals surface area contributed by atoms with Crippen LogP contribution in [0.5, 0.6) is 0 Å². The smallest absolute Gasteiger partial charge is 0.211 e. The van der Waals surface area contributed by atoms with Gasteiger partial charge in [0.2, 0.25) is 10.0 Å². The van der Waals surface area contributed by atoms with Crippen LogP contribution in [0.4, 0.5) is 0 Å². The van der Waals surface area contributed by atoms with Gasteiger partial charge in [-0.2, -0.15) is 0 Å². The molecule has 1 saturated carbocycles. The molecule has 0 atom stereocenters. The Morgan fingerprint density at radius 3 is 2.20 bits per heavy atom. The quantitative estimate of drug-likeness (QED) is 0.845. The summed E-state index contributed by atoms with van der Waals surface area (Å²) in [5.74, 6) is 0.502. The van der Waals surface area contributed by atoms with Crippen LogP contribution in [-0.2, 0) is 16.4 Å². The number of nitrogens with one attached hydrogen (secondary N) is 1. The van der Waals surface area contributed by atoms with Gasteiger partial charge in [0, 0.05) is 6.54 Å². The number of rotatable bonds is 5. The van der Waals surface area contributed by atoms with Crippen LogP contribution in [0.2, 0.25) is 0 Å². The summed E-state index contributed by atoms with van der Waals surface area (Å²) in [7, 11) is -3.35. The van der Waals surface area contributed by atoms with E-state index in [9.17, 15) is 8.42 Å². The lowest BCUT2D eigenvalue weighted by molar-refractivity contribution is 0.451. The van der Waals surface area contributed by atoms with Gasteiger partial charge >= 0.3 is 0 Å². The molecule has 0 aromatic heterocycles. The minimum Gasteiger partial charge on any atom is -0.211 e. The second kappa shape index (κ2) is 7.23. The van der Waals surface area contributed by atoms with Gasteiger partial charge in [0.05, 0.1) is 4.90 Å². The van der Waals surface area contributed by atoms with Crippen molar-refractivity contribution < 1.29 is 8.42 Å². The summed E-state index contributed by atoms with van der Waals surface area (Å²) in [6, 6.07) is 7.18. The highest BCUT2D eigenvalue weighted by atomic mass is 32.2. The van der Waals surface area contributed by atoms with E-state index in [1.807, 2.05) is 12.1 Å². The third-order valence-corrected chi connectivity index (χ3v) is 5.62. The van der Waals surface area contributed by atoms with Crippen molar-refractivity contribution in [1.29, 1.82) is 0 Å². The second-order valence-electron chi connectivity index (χ2n) is 5.71. The van der Waals surface area contributed by atoms with Crippen molar-refractivity contribution in [1.82, 2.24) is 4.72 Å². The second-order valence-corrected chi connectivity index (χ2v) is 7.47. The molecule has 1 aliphatic rings. The molecule has 1 fully saturated rings. The van der Waals surface area contributed by atoms with Gasteiger partial charge in [-0.1, -0.05) is 44.7 Å². The molecule has 112 valence electrons. The van der Waals surface area contributed by atoms with Crippen LogP contribution >= 0.6 is 0 Å². The number of benzene rings is 1. The van der Waals surface area contributed by atoms with Crippen LogP contribution in [0.3, 0.4) is 0 Å². The van der Waals surface area contributed by atoms with E-state index in [1.54, 1.807) is 12.1 Å². The van der Waals surface area contributed by atoms with Crippen LogP contribution in [-0.4, -0.2) is 15.0 Å². The lowest BCUT2D eigenvalue weighted by Gasteiger charge is -2.15. The van der Waals surface area contributed by atoms with Crippen molar-refractivity contribution in [3.8, 4) is 0 Å². The predicted octanol–water partition coefficient (Wildman–Crippen LogP) is 3.50. The molecule has 0 amide bonds. The number of aryl methyl sites for hydroxylation is 1. The number of sulfonamides is 1. The Hall–Kier alpha value is -0.870. The van der Waals surface area contributed by atoms with Crippen LogP contribution in [0, 0.1) is 5.92 Å². The zero-order chi connectivity index (χ0) is 14.4. The summed E-state index contributed by atoms with van der Waals surface area (Å²) in [4.78, 5) is 0.378. The molecule has 4 heteroatoms. The Kier molecular flexibility index (Phi) is 5.61. The molecule has 1 aliphatic carbocycles. The Balaban J connectivity index is 1.95. The normalized spacial score (nSPS) is 17.9. The van der Waals surface area contributed by atoms with Crippen LogP contribution in [0.1, 0.15) is 51.0 Å². The maximum atomic E-state index is 12.2. The molecule has 0 spiro atoms. The maximum absolute atomic E-state index is 12.2. The highest BCUT2D eigenvalue weighted by Gasteiger charge is 2.18. The Labute approximate surface area is 122 Å². The standard InChI is InChI=1S/C16H25NO2S/c1-2-14-9-11-16(12-10-14)20(18,19)17-13-15-7-5-3-4-6-8-15/h9-12,15,17H,2-8,13H2,1H3. The minimum atomic E-state index is -3.35. The van der Waals surface area contributed by atoms with Gasteiger partial charge in [-0.3, -0.25) is 0 Å². The molecular formula is C16H25NO2S. The topological polar surface area (TPSA) is 46.2 Å². The van der Waals surface area contributed by atoms with E-state index in [-0.39, 0.29) is 0 Å². The Morgan fingerprint density at radius 1 is 1.05 bits per heavy atom. The molecule has 2 rings (SSSR count). The van der Waals surface area contributed by atoms with Crippen LogP contribution in [0.25, 0.3) is 0 Å². The van der Waals surface area contributed by atoms with Gasteiger partial charge in [0.25, 0.3) is 0 Å². The Morgan fingerprint density at radius 2 is 1.65 bits per heavy atom. The first-order valence-corrected chi connectivity index (χ1v) is 9.19. The van der Waals surface area contributed by atoms with E-state index in [1.165, 1.54) is 25.7 Å². The summed E-state index contributed by atoms with van der Waals surface area (Å²) in [5, 5.41) is 0. The van der Waals surface area contributed by atoms with E-state index >= 15 is 0 Å². The van der Waals surface area contributed by atoms with Gasteiger partial charge in [0.15, 0.2) is 0 Å². The van der Waals surface area contributed by atoms with Crippen molar-refractivity contribution >= 4 is 10.0 Å². The maximum Gasteiger partial charge on any atom is 0.240 e. The first-order valence-electron chi connectivity index (χ1n) is 7.70. The van der Waals surface area contributed by atoms with Crippen molar-refractivity contribution in [2.45, 2.75) is 56.8 Å². The minimum absolute atomic E-state index is 0.378. The average Bonchev–Trinajstić information content (AvgIpc) is 2.74. The molecule has 1 aromatic rings. The van der Waals surface area contributed by atoms with Gasteiger partial charge < -0.3 is 0 Å². The fourth-order valence-corrected chi connectivity index (χ4v) is 3.90. The van der Waals surface area contributed by atoms with Gasteiger partial charge in [-0.25, -0.2) is 13.1 Å². The summed E-state index contributed by atoms with van der Waals surface area (Å²) in [6.07, 6.45) is 8.28. The molecule has 0 bridgehead atoms. The monoisotopic (exact) mass is 295 g/mol. The molecule has 0 saturated heterocycles. The van der Waals surface area contributed by atoms with E-state index in [0.29, 0.717) is 17.4 Å². The largest absolute Gasteiger partial charge is 0.240 e. The van der Waals surface area contributed by atoms with Gasteiger partial charge in [-0.05, 0) is 42.9 Å². The first kappa shape index (κ1) is 15.5. The first-order chi connectivity index (χ1) is 9.62. The highest BCUT2D eigenvalue weighted by Crippen LogP contribution is 2.22. The van der Waals surface area contributed by atoms with E-state index in [0.717, 1.165) is 24.8 Å². The zero-order valence-electron chi connectivity index (χ0n) is 12.3. The summed E-state index contributed by atoms with van der Waals surface area (Å²) in [6.45, 7) is 2.64. The third-order valence-electron chi connectivity index (χ3n) is 4.18. The highest BCUT2D eigenvalue weighted by molar-refractivity contribution is 7.89. The van der Waals surface area contributed by atoms with Crippen molar-refractivity contribution in [2.24, 2.45) is 5.92 Å². The van der Waals surface area contributed by atoms with Crippen molar-refractivity contribution in [3.63, 3.8) is 0 Å². The van der Waals surface area contributed by atoms with Crippen LogP contribution < -0.4 is 4.72 Å².